The molecule has 1 heterocycles. The third kappa shape index (κ3) is 3.11. The van der Waals surface area contributed by atoms with Crippen LogP contribution in [0.25, 0.3) is 0 Å². The highest BCUT2D eigenvalue weighted by atomic mass is 16.4. The molecular formula is C14H23N3O4. The first kappa shape index (κ1) is 15.6. The van der Waals surface area contributed by atoms with Gasteiger partial charge in [-0.1, -0.05) is 26.2 Å². The minimum absolute atomic E-state index is 0.174. The van der Waals surface area contributed by atoms with Crippen molar-refractivity contribution in [3.63, 3.8) is 0 Å². The first-order valence-electron chi connectivity index (χ1n) is 7.60. The van der Waals surface area contributed by atoms with Crippen LogP contribution in [0.2, 0.25) is 0 Å². The van der Waals surface area contributed by atoms with Crippen LogP contribution in [0.5, 0.6) is 0 Å². The second-order valence-electron chi connectivity index (χ2n) is 5.79. The van der Waals surface area contributed by atoms with E-state index < -0.39 is 23.6 Å². The molecule has 1 aliphatic carbocycles. The Morgan fingerprint density at radius 3 is 2.62 bits per heavy atom. The van der Waals surface area contributed by atoms with Crippen LogP contribution in [0.1, 0.15) is 45.4 Å². The lowest BCUT2D eigenvalue weighted by Gasteiger charge is -2.39. The van der Waals surface area contributed by atoms with E-state index in [4.69, 9.17) is 0 Å². The lowest BCUT2D eigenvalue weighted by atomic mass is 9.82. The molecule has 2 rings (SSSR count). The number of carbonyl (C=O) groups excluding carboxylic acids is 2. The number of carbonyl (C=O) groups is 3. The fourth-order valence-corrected chi connectivity index (χ4v) is 3.19. The monoisotopic (exact) mass is 297 g/mol. The number of carboxylic acid groups (broad SMARTS) is 1. The van der Waals surface area contributed by atoms with E-state index in [0.717, 1.165) is 19.3 Å². The molecule has 0 aromatic heterocycles. The van der Waals surface area contributed by atoms with E-state index in [-0.39, 0.29) is 5.91 Å². The Morgan fingerprint density at radius 1 is 1.38 bits per heavy atom. The van der Waals surface area contributed by atoms with Gasteiger partial charge in [-0.2, -0.15) is 0 Å². The van der Waals surface area contributed by atoms with Gasteiger partial charge in [0.2, 0.25) is 5.91 Å². The molecule has 0 spiro atoms. The number of hydrogen-bond acceptors (Lipinski definition) is 3. The Kier molecular flexibility index (Phi) is 4.69. The van der Waals surface area contributed by atoms with Crippen LogP contribution in [-0.2, 0) is 9.59 Å². The zero-order chi connectivity index (χ0) is 15.5. The molecule has 2 fully saturated rings. The number of nitrogens with zero attached hydrogens (tertiary/aromatic N) is 1. The maximum absolute atomic E-state index is 12.5. The summed E-state index contributed by atoms with van der Waals surface area (Å²) in [5.74, 6) is -1.16. The molecule has 118 valence electrons. The summed E-state index contributed by atoms with van der Waals surface area (Å²) in [6.45, 7) is 2.65. The van der Waals surface area contributed by atoms with Crippen LogP contribution < -0.4 is 10.6 Å². The van der Waals surface area contributed by atoms with Crippen LogP contribution in [0.4, 0.5) is 4.79 Å². The van der Waals surface area contributed by atoms with Crippen LogP contribution in [0, 0.1) is 0 Å². The molecule has 3 amide bonds. The normalized spacial score (nSPS) is 25.1. The third-order valence-electron chi connectivity index (χ3n) is 4.44. The molecule has 3 N–H and O–H groups in total. The summed E-state index contributed by atoms with van der Waals surface area (Å²) in [7, 11) is 0. The molecule has 1 unspecified atom stereocenters. The van der Waals surface area contributed by atoms with Gasteiger partial charge in [0.05, 0.1) is 0 Å². The van der Waals surface area contributed by atoms with Gasteiger partial charge in [0.25, 0.3) is 0 Å². The smallest absolute Gasteiger partial charge is 0.329 e. The quantitative estimate of drug-likeness (QED) is 0.714. The molecule has 2 aliphatic rings. The second kappa shape index (κ2) is 6.32. The van der Waals surface area contributed by atoms with Gasteiger partial charge in [-0.05, 0) is 19.3 Å². The Balaban J connectivity index is 2.11. The number of nitrogens with one attached hydrogen (secondary N) is 2. The maximum atomic E-state index is 12.5. The SMILES string of the molecule is CCC1C(=O)NCCN1C(=O)NC1(C(=O)O)CCCCC1. The number of aliphatic carboxylic acids is 1. The summed E-state index contributed by atoms with van der Waals surface area (Å²) in [5, 5.41) is 14.9. The minimum Gasteiger partial charge on any atom is -0.480 e. The lowest BCUT2D eigenvalue weighted by molar-refractivity contribution is -0.146. The van der Waals surface area contributed by atoms with E-state index in [0.29, 0.717) is 32.4 Å². The molecular weight excluding hydrogens is 274 g/mol. The molecule has 1 aliphatic heterocycles. The minimum atomic E-state index is -1.18. The van der Waals surface area contributed by atoms with E-state index in [2.05, 4.69) is 10.6 Å². The highest BCUT2D eigenvalue weighted by Gasteiger charge is 2.43. The third-order valence-corrected chi connectivity index (χ3v) is 4.44. The molecule has 0 aromatic rings. The fourth-order valence-electron chi connectivity index (χ4n) is 3.19. The second-order valence-corrected chi connectivity index (χ2v) is 5.79. The van der Waals surface area contributed by atoms with Crippen molar-refractivity contribution >= 4 is 17.9 Å². The Hall–Kier alpha value is -1.79. The van der Waals surface area contributed by atoms with Crippen LogP contribution in [-0.4, -0.2) is 52.6 Å². The molecule has 1 saturated carbocycles. The standard InChI is InChI=1S/C14H23N3O4/c1-2-10-11(18)15-8-9-17(10)13(21)16-14(12(19)20)6-4-3-5-7-14/h10H,2-9H2,1H3,(H,15,18)(H,16,21)(H,19,20). The number of piperazine rings is 1. The van der Waals surface area contributed by atoms with Crippen LogP contribution in [0.3, 0.4) is 0 Å². The van der Waals surface area contributed by atoms with Gasteiger partial charge in [-0.3, -0.25) is 4.79 Å². The zero-order valence-corrected chi connectivity index (χ0v) is 12.4. The molecule has 7 heteroatoms. The largest absolute Gasteiger partial charge is 0.480 e. The van der Waals surface area contributed by atoms with Gasteiger partial charge >= 0.3 is 12.0 Å². The molecule has 1 atom stereocenters. The average molecular weight is 297 g/mol. The van der Waals surface area contributed by atoms with E-state index in [1.165, 1.54) is 4.90 Å². The molecule has 21 heavy (non-hydrogen) atoms. The highest BCUT2D eigenvalue weighted by Crippen LogP contribution is 2.29. The van der Waals surface area contributed by atoms with Gasteiger partial charge < -0.3 is 20.6 Å². The summed E-state index contributed by atoms with van der Waals surface area (Å²) in [6, 6.07) is -0.964. The summed E-state index contributed by atoms with van der Waals surface area (Å²) in [5.41, 5.74) is -1.18. The number of carboxylic acids is 1. The van der Waals surface area contributed by atoms with Gasteiger partial charge in [0, 0.05) is 13.1 Å². The van der Waals surface area contributed by atoms with Gasteiger partial charge in [-0.25, -0.2) is 9.59 Å². The molecule has 0 bridgehead atoms. The van der Waals surface area contributed by atoms with Crippen molar-refractivity contribution in [1.29, 1.82) is 0 Å². The highest BCUT2D eigenvalue weighted by molar-refractivity contribution is 5.91. The number of amides is 3. The molecule has 1 saturated heterocycles. The number of hydrogen-bond donors (Lipinski definition) is 3. The predicted octanol–water partition coefficient (Wildman–Crippen LogP) is 0.694. The van der Waals surface area contributed by atoms with Crippen molar-refractivity contribution in [3.8, 4) is 0 Å². The van der Waals surface area contributed by atoms with E-state index in [9.17, 15) is 19.5 Å². The van der Waals surface area contributed by atoms with Crippen molar-refractivity contribution in [2.24, 2.45) is 0 Å². The van der Waals surface area contributed by atoms with Crippen LogP contribution >= 0.6 is 0 Å². The predicted molar refractivity (Wildman–Crippen MR) is 75.8 cm³/mol. The summed E-state index contributed by atoms with van der Waals surface area (Å²) in [6.07, 6.45) is 4.00. The number of rotatable bonds is 3. The first-order chi connectivity index (χ1) is 10.00. The van der Waals surface area contributed by atoms with Crippen molar-refractivity contribution in [1.82, 2.24) is 15.5 Å². The van der Waals surface area contributed by atoms with Crippen molar-refractivity contribution in [2.45, 2.75) is 57.0 Å². The topological polar surface area (TPSA) is 98.7 Å². The van der Waals surface area contributed by atoms with Crippen molar-refractivity contribution in [3.05, 3.63) is 0 Å². The molecule has 0 radical (unpaired) electrons. The summed E-state index contributed by atoms with van der Waals surface area (Å²) >= 11 is 0. The molecule has 0 aromatic carbocycles. The average Bonchev–Trinajstić information content (AvgIpc) is 2.47. The van der Waals surface area contributed by atoms with Gasteiger partial charge in [0.1, 0.15) is 11.6 Å². The van der Waals surface area contributed by atoms with Crippen LogP contribution in [0.15, 0.2) is 0 Å². The Morgan fingerprint density at radius 2 is 2.05 bits per heavy atom. The van der Waals surface area contributed by atoms with Gasteiger partial charge in [-0.15, -0.1) is 0 Å². The van der Waals surface area contributed by atoms with E-state index >= 15 is 0 Å². The first-order valence-corrected chi connectivity index (χ1v) is 7.60. The Labute approximate surface area is 124 Å². The lowest BCUT2D eigenvalue weighted by Crippen LogP contribution is -2.64. The van der Waals surface area contributed by atoms with Crippen molar-refractivity contribution < 1.29 is 19.5 Å². The van der Waals surface area contributed by atoms with Gasteiger partial charge in [0.15, 0.2) is 0 Å². The summed E-state index contributed by atoms with van der Waals surface area (Å²) < 4.78 is 0. The van der Waals surface area contributed by atoms with Crippen molar-refractivity contribution in [2.75, 3.05) is 13.1 Å². The fraction of sp³-hybridized carbons (Fsp3) is 0.786. The molecule has 7 nitrogen and oxygen atoms in total. The Bertz CT molecular complexity index is 432. The zero-order valence-electron chi connectivity index (χ0n) is 12.4. The maximum Gasteiger partial charge on any atom is 0.329 e. The summed E-state index contributed by atoms with van der Waals surface area (Å²) in [4.78, 5) is 37.3. The van der Waals surface area contributed by atoms with E-state index in [1.54, 1.807) is 0 Å². The van der Waals surface area contributed by atoms with E-state index in [1.807, 2.05) is 6.92 Å². The number of urea groups is 1.